The predicted octanol–water partition coefficient (Wildman–Crippen LogP) is 2.09. The average Bonchev–Trinajstić information content (AvgIpc) is 2.48. The van der Waals surface area contributed by atoms with E-state index < -0.39 is 12.2 Å². The van der Waals surface area contributed by atoms with E-state index in [-0.39, 0.29) is 6.61 Å². The van der Waals surface area contributed by atoms with E-state index in [1.165, 1.54) is 0 Å². The molecule has 1 aromatic rings. The van der Waals surface area contributed by atoms with Gasteiger partial charge in [-0.1, -0.05) is 6.07 Å². The molecule has 114 valence electrons. The second-order valence-electron chi connectivity index (χ2n) is 4.34. The first kappa shape index (κ1) is 15.1. The van der Waals surface area contributed by atoms with Crippen molar-refractivity contribution < 1.29 is 23.8 Å². The van der Waals surface area contributed by atoms with Gasteiger partial charge in [0.05, 0.1) is 19.8 Å². The molecule has 0 aromatic heterocycles. The highest BCUT2D eigenvalue weighted by molar-refractivity contribution is 5.85. The van der Waals surface area contributed by atoms with E-state index in [4.69, 9.17) is 14.2 Å². The maximum atomic E-state index is 11.9. The Bertz CT molecular complexity index is 500. The summed E-state index contributed by atoms with van der Waals surface area (Å²) in [5.74, 6) is 0.362. The maximum absolute atomic E-state index is 11.9. The highest BCUT2D eigenvalue weighted by Gasteiger charge is 2.18. The standard InChI is InChI=1S/C14H18N2O5/c1-2-20-13(17)15-11-4-3-5-12(10-11)21-14(18)16-6-8-19-9-7-16/h3-5,10H,2,6-9H2,1H3,(H,15,17). The Morgan fingerprint density at radius 3 is 2.81 bits per heavy atom. The van der Waals surface area contributed by atoms with Crippen LogP contribution in [0.1, 0.15) is 6.92 Å². The van der Waals surface area contributed by atoms with Crippen molar-refractivity contribution in [1.29, 1.82) is 0 Å². The van der Waals surface area contributed by atoms with Gasteiger partial charge in [0.2, 0.25) is 0 Å². The van der Waals surface area contributed by atoms with E-state index in [1.54, 1.807) is 36.1 Å². The Hall–Kier alpha value is -2.28. The summed E-state index contributed by atoms with van der Waals surface area (Å²) in [5.41, 5.74) is 0.501. The minimum absolute atomic E-state index is 0.289. The van der Waals surface area contributed by atoms with Gasteiger partial charge in [0.15, 0.2) is 0 Å². The summed E-state index contributed by atoms with van der Waals surface area (Å²) in [6.45, 7) is 4.07. The normalized spacial score (nSPS) is 14.4. The SMILES string of the molecule is CCOC(=O)Nc1cccc(OC(=O)N2CCOCC2)c1. The van der Waals surface area contributed by atoms with Gasteiger partial charge in [-0.05, 0) is 19.1 Å². The van der Waals surface area contributed by atoms with Gasteiger partial charge in [-0.15, -0.1) is 0 Å². The summed E-state index contributed by atoms with van der Waals surface area (Å²) in [6, 6.07) is 6.58. The molecule has 2 amide bonds. The van der Waals surface area contributed by atoms with Crippen molar-refractivity contribution in [2.75, 3.05) is 38.2 Å². The molecule has 0 spiro atoms. The van der Waals surface area contributed by atoms with E-state index in [2.05, 4.69) is 5.32 Å². The zero-order valence-electron chi connectivity index (χ0n) is 11.8. The largest absolute Gasteiger partial charge is 0.450 e. The van der Waals surface area contributed by atoms with Crippen molar-refractivity contribution in [3.05, 3.63) is 24.3 Å². The molecule has 1 heterocycles. The van der Waals surface area contributed by atoms with Crippen molar-refractivity contribution in [1.82, 2.24) is 4.90 Å². The Morgan fingerprint density at radius 2 is 2.10 bits per heavy atom. The van der Waals surface area contributed by atoms with E-state index >= 15 is 0 Å². The zero-order chi connectivity index (χ0) is 15.1. The zero-order valence-corrected chi connectivity index (χ0v) is 11.8. The summed E-state index contributed by atoms with van der Waals surface area (Å²) in [4.78, 5) is 24.8. The topological polar surface area (TPSA) is 77.1 Å². The Morgan fingerprint density at radius 1 is 1.33 bits per heavy atom. The number of morpholine rings is 1. The number of ether oxygens (including phenoxy) is 3. The lowest BCUT2D eigenvalue weighted by Gasteiger charge is -2.25. The molecule has 0 unspecified atom stereocenters. The van der Waals surface area contributed by atoms with Crippen molar-refractivity contribution in [3.63, 3.8) is 0 Å². The van der Waals surface area contributed by atoms with Gasteiger partial charge in [-0.25, -0.2) is 9.59 Å². The molecule has 0 bridgehead atoms. The number of nitrogens with zero attached hydrogens (tertiary/aromatic N) is 1. The number of amides is 2. The molecule has 7 nitrogen and oxygen atoms in total. The molecule has 1 N–H and O–H groups in total. The van der Waals surface area contributed by atoms with Gasteiger partial charge >= 0.3 is 12.2 Å². The number of rotatable bonds is 3. The third-order valence-electron chi connectivity index (χ3n) is 2.83. The first-order valence-corrected chi connectivity index (χ1v) is 6.77. The third kappa shape index (κ3) is 4.64. The van der Waals surface area contributed by atoms with Crippen LogP contribution in [0, 0.1) is 0 Å². The van der Waals surface area contributed by atoms with Gasteiger partial charge < -0.3 is 19.1 Å². The fourth-order valence-electron chi connectivity index (χ4n) is 1.83. The van der Waals surface area contributed by atoms with Crippen LogP contribution in [0.25, 0.3) is 0 Å². The van der Waals surface area contributed by atoms with E-state index in [0.29, 0.717) is 37.7 Å². The first-order chi connectivity index (χ1) is 10.2. The van der Waals surface area contributed by atoms with Crippen LogP contribution in [0.15, 0.2) is 24.3 Å². The molecule has 21 heavy (non-hydrogen) atoms. The summed E-state index contributed by atoms with van der Waals surface area (Å²) in [6.07, 6.45) is -0.972. The van der Waals surface area contributed by atoms with Crippen molar-refractivity contribution in [2.45, 2.75) is 6.92 Å². The molecule has 7 heteroatoms. The Balaban J connectivity index is 1.93. The van der Waals surface area contributed by atoms with Gasteiger partial charge in [0.1, 0.15) is 5.75 Å². The molecule has 1 aliphatic rings. The predicted molar refractivity (Wildman–Crippen MR) is 75.5 cm³/mol. The highest BCUT2D eigenvalue weighted by Crippen LogP contribution is 2.18. The summed E-state index contributed by atoms with van der Waals surface area (Å²) < 4.78 is 15.2. The summed E-state index contributed by atoms with van der Waals surface area (Å²) >= 11 is 0. The van der Waals surface area contributed by atoms with Crippen LogP contribution in [0.3, 0.4) is 0 Å². The lowest BCUT2D eigenvalue weighted by atomic mass is 10.3. The van der Waals surface area contributed by atoms with Crippen molar-refractivity contribution in [2.24, 2.45) is 0 Å². The van der Waals surface area contributed by atoms with Crippen LogP contribution in [-0.4, -0.2) is 50.0 Å². The second-order valence-corrected chi connectivity index (χ2v) is 4.34. The minimum Gasteiger partial charge on any atom is -0.450 e. The van der Waals surface area contributed by atoms with E-state index in [0.717, 1.165) is 0 Å². The maximum Gasteiger partial charge on any atom is 0.415 e. The lowest BCUT2D eigenvalue weighted by Crippen LogP contribution is -2.42. The van der Waals surface area contributed by atoms with Crippen LogP contribution < -0.4 is 10.1 Å². The fourth-order valence-corrected chi connectivity index (χ4v) is 1.83. The molecule has 0 atom stereocenters. The van der Waals surface area contributed by atoms with Gasteiger partial charge in [0, 0.05) is 24.8 Å². The minimum atomic E-state index is -0.547. The Labute approximate surface area is 122 Å². The van der Waals surface area contributed by atoms with Crippen molar-refractivity contribution in [3.8, 4) is 5.75 Å². The first-order valence-electron chi connectivity index (χ1n) is 6.77. The quantitative estimate of drug-likeness (QED) is 0.923. The molecule has 1 aliphatic heterocycles. The number of nitrogens with one attached hydrogen (secondary N) is 1. The molecular weight excluding hydrogens is 276 g/mol. The molecule has 0 saturated carbocycles. The van der Waals surface area contributed by atoms with Gasteiger partial charge in [0.25, 0.3) is 0 Å². The smallest absolute Gasteiger partial charge is 0.415 e. The number of carbonyl (C=O) groups excluding carboxylic acids is 2. The van der Waals surface area contributed by atoms with Gasteiger partial charge in [-0.3, -0.25) is 5.32 Å². The monoisotopic (exact) mass is 294 g/mol. The number of benzene rings is 1. The molecule has 1 fully saturated rings. The number of hydrogen-bond acceptors (Lipinski definition) is 5. The van der Waals surface area contributed by atoms with E-state index in [9.17, 15) is 9.59 Å². The number of carbonyl (C=O) groups is 2. The number of hydrogen-bond donors (Lipinski definition) is 1. The molecule has 1 saturated heterocycles. The second kappa shape index (κ2) is 7.49. The van der Waals surface area contributed by atoms with Crippen LogP contribution in [0.4, 0.5) is 15.3 Å². The van der Waals surface area contributed by atoms with Crippen LogP contribution in [0.2, 0.25) is 0 Å². The van der Waals surface area contributed by atoms with E-state index in [1.807, 2.05) is 0 Å². The van der Waals surface area contributed by atoms with Crippen LogP contribution >= 0.6 is 0 Å². The number of anilines is 1. The Kier molecular flexibility index (Phi) is 5.39. The van der Waals surface area contributed by atoms with Crippen molar-refractivity contribution >= 4 is 17.9 Å². The third-order valence-corrected chi connectivity index (χ3v) is 2.83. The molecule has 2 rings (SSSR count). The fraction of sp³-hybridized carbons (Fsp3) is 0.429. The lowest BCUT2D eigenvalue weighted by molar-refractivity contribution is 0.0416. The molecule has 1 aromatic carbocycles. The molecular formula is C14H18N2O5. The summed E-state index contributed by atoms with van der Waals surface area (Å²) in [7, 11) is 0. The highest BCUT2D eigenvalue weighted by atomic mass is 16.6. The average molecular weight is 294 g/mol. The molecule has 0 aliphatic carbocycles. The van der Waals surface area contributed by atoms with Crippen LogP contribution in [0.5, 0.6) is 5.75 Å². The van der Waals surface area contributed by atoms with Gasteiger partial charge in [-0.2, -0.15) is 0 Å². The summed E-state index contributed by atoms with van der Waals surface area (Å²) in [5, 5.41) is 2.55. The molecule has 0 radical (unpaired) electrons. The van der Waals surface area contributed by atoms with Crippen LogP contribution in [-0.2, 0) is 9.47 Å².